The number of hydrogen-bond donors (Lipinski definition) is 1. The molecule has 0 unspecified atom stereocenters. The van der Waals surface area contributed by atoms with E-state index in [2.05, 4.69) is 5.32 Å². The Kier molecular flexibility index (Phi) is 7.02. The molecule has 0 bridgehead atoms. The maximum absolute atomic E-state index is 12.2. The molecule has 0 heterocycles. The first kappa shape index (κ1) is 19.3. The minimum Gasteiger partial charge on any atom is -0.495 e. The van der Waals surface area contributed by atoms with Crippen LogP contribution in [-0.4, -0.2) is 31.7 Å². The van der Waals surface area contributed by atoms with Crippen LogP contribution < -0.4 is 14.8 Å². The third-order valence-corrected chi connectivity index (χ3v) is 3.70. The van der Waals surface area contributed by atoms with Crippen LogP contribution >= 0.6 is 0 Å². The van der Waals surface area contributed by atoms with Crippen molar-refractivity contribution in [3.8, 4) is 11.5 Å². The molecule has 2 rings (SSSR count). The van der Waals surface area contributed by atoms with Gasteiger partial charge in [-0.1, -0.05) is 30.3 Å². The van der Waals surface area contributed by atoms with Crippen LogP contribution in [0.25, 0.3) is 0 Å². The number of aryl methyl sites for hydroxylation is 1. The van der Waals surface area contributed by atoms with Gasteiger partial charge in [-0.05, 0) is 37.6 Å². The Labute approximate surface area is 153 Å². The van der Waals surface area contributed by atoms with E-state index in [0.29, 0.717) is 11.4 Å². The van der Waals surface area contributed by atoms with Gasteiger partial charge in [0, 0.05) is 0 Å². The third kappa shape index (κ3) is 5.51. The van der Waals surface area contributed by atoms with Crippen molar-refractivity contribution in [3.05, 3.63) is 54.1 Å². The Hall–Kier alpha value is -3.02. The van der Waals surface area contributed by atoms with Crippen molar-refractivity contribution in [2.45, 2.75) is 26.4 Å². The molecule has 1 amide bonds. The molecule has 0 saturated heterocycles. The summed E-state index contributed by atoms with van der Waals surface area (Å²) in [5, 5.41) is 2.68. The highest BCUT2D eigenvalue weighted by molar-refractivity contribution is 5.96. The van der Waals surface area contributed by atoms with Gasteiger partial charge in [0.2, 0.25) is 0 Å². The zero-order chi connectivity index (χ0) is 18.9. The summed E-state index contributed by atoms with van der Waals surface area (Å²) >= 11 is 0. The molecule has 26 heavy (non-hydrogen) atoms. The second-order valence-electron chi connectivity index (χ2n) is 5.69. The lowest BCUT2D eigenvalue weighted by Crippen LogP contribution is -2.30. The minimum atomic E-state index is -0.925. The molecule has 0 radical (unpaired) electrons. The number of para-hydroxylation sites is 3. The van der Waals surface area contributed by atoms with Crippen molar-refractivity contribution in [3.63, 3.8) is 0 Å². The molecule has 2 aromatic carbocycles. The Morgan fingerprint density at radius 3 is 2.38 bits per heavy atom. The zero-order valence-corrected chi connectivity index (χ0v) is 15.2. The molecule has 0 fully saturated rings. The second-order valence-corrected chi connectivity index (χ2v) is 5.69. The Morgan fingerprint density at radius 1 is 1.04 bits per heavy atom. The summed E-state index contributed by atoms with van der Waals surface area (Å²) in [6, 6.07) is 14.6. The predicted molar refractivity (Wildman–Crippen MR) is 98.5 cm³/mol. The van der Waals surface area contributed by atoms with Crippen LogP contribution in [0, 0.1) is 6.92 Å². The third-order valence-electron chi connectivity index (χ3n) is 3.70. The molecular formula is C20H23NO5. The largest absolute Gasteiger partial charge is 0.495 e. The van der Waals surface area contributed by atoms with E-state index in [1.165, 1.54) is 14.0 Å². The topological polar surface area (TPSA) is 73.9 Å². The molecule has 0 aliphatic heterocycles. The fraction of sp³-hybridized carbons (Fsp3) is 0.300. The van der Waals surface area contributed by atoms with E-state index in [1.807, 2.05) is 31.2 Å². The predicted octanol–water partition coefficient (Wildman–Crippen LogP) is 3.34. The van der Waals surface area contributed by atoms with Gasteiger partial charge < -0.3 is 19.5 Å². The first-order valence-electron chi connectivity index (χ1n) is 8.33. The Balaban J connectivity index is 1.79. The van der Waals surface area contributed by atoms with Crippen LogP contribution in [-0.2, 0) is 14.3 Å². The molecule has 1 atom stereocenters. The van der Waals surface area contributed by atoms with Crippen LogP contribution in [0.5, 0.6) is 11.5 Å². The van der Waals surface area contributed by atoms with Crippen molar-refractivity contribution >= 4 is 17.6 Å². The van der Waals surface area contributed by atoms with Crippen LogP contribution in [0.2, 0.25) is 0 Å². The lowest BCUT2D eigenvalue weighted by Gasteiger charge is -2.15. The molecule has 2 aromatic rings. The lowest BCUT2D eigenvalue weighted by molar-refractivity contribution is -0.153. The summed E-state index contributed by atoms with van der Waals surface area (Å²) in [6.45, 7) is 3.63. The molecule has 6 nitrogen and oxygen atoms in total. The minimum absolute atomic E-state index is 0.0562. The highest BCUT2D eigenvalue weighted by Crippen LogP contribution is 2.23. The number of anilines is 1. The molecule has 0 aliphatic rings. The van der Waals surface area contributed by atoms with Crippen molar-refractivity contribution in [2.24, 2.45) is 0 Å². The number of methoxy groups -OCH3 is 1. The average Bonchev–Trinajstić information content (AvgIpc) is 2.63. The maximum atomic E-state index is 12.2. The lowest BCUT2D eigenvalue weighted by atomic mass is 10.2. The normalized spacial score (nSPS) is 11.3. The van der Waals surface area contributed by atoms with E-state index >= 15 is 0 Å². The summed E-state index contributed by atoms with van der Waals surface area (Å²) in [6.07, 6.45) is -0.869. The Bertz CT molecular complexity index is 759. The van der Waals surface area contributed by atoms with Crippen molar-refractivity contribution in [1.82, 2.24) is 0 Å². The summed E-state index contributed by atoms with van der Waals surface area (Å²) < 4.78 is 15.9. The van der Waals surface area contributed by atoms with Crippen LogP contribution in [0.4, 0.5) is 5.69 Å². The molecule has 6 heteroatoms. The highest BCUT2D eigenvalue weighted by atomic mass is 16.5. The van der Waals surface area contributed by atoms with E-state index in [0.717, 1.165) is 11.3 Å². The number of amides is 1. The first-order chi connectivity index (χ1) is 12.5. The van der Waals surface area contributed by atoms with Crippen LogP contribution in [0.1, 0.15) is 18.9 Å². The van der Waals surface area contributed by atoms with Gasteiger partial charge in [0.15, 0.2) is 6.10 Å². The summed E-state index contributed by atoms with van der Waals surface area (Å²) in [5.74, 6) is 0.331. The monoisotopic (exact) mass is 357 g/mol. The molecule has 1 N–H and O–H groups in total. The quantitative estimate of drug-likeness (QED) is 0.734. The number of esters is 1. The molecule has 0 spiro atoms. The highest BCUT2D eigenvalue weighted by Gasteiger charge is 2.19. The van der Waals surface area contributed by atoms with Gasteiger partial charge in [0.05, 0.1) is 25.8 Å². The fourth-order valence-electron chi connectivity index (χ4n) is 2.25. The van der Waals surface area contributed by atoms with E-state index in [1.54, 1.807) is 24.3 Å². The number of nitrogens with one attached hydrogen (secondary N) is 1. The van der Waals surface area contributed by atoms with E-state index in [9.17, 15) is 9.59 Å². The number of carbonyl (C=O) groups excluding carboxylic acids is 2. The van der Waals surface area contributed by atoms with Gasteiger partial charge in [-0.15, -0.1) is 0 Å². The van der Waals surface area contributed by atoms with Crippen molar-refractivity contribution in [2.75, 3.05) is 19.0 Å². The second kappa shape index (κ2) is 9.46. The number of rotatable bonds is 8. The van der Waals surface area contributed by atoms with Gasteiger partial charge in [0.1, 0.15) is 11.5 Å². The molecule has 0 aromatic heterocycles. The summed E-state index contributed by atoms with van der Waals surface area (Å²) in [7, 11) is 1.52. The van der Waals surface area contributed by atoms with E-state index in [4.69, 9.17) is 14.2 Å². The summed E-state index contributed by atoms with van der Waals surface area (Å²) in [5.41, 5.74) is 1.51. The molecular weight excluding hydrogens is 334 g/mol. The number of carbonyl (C=O) groups is 2. The molecule has 138 valence electrons. The van der Waals surface area contributed by atoms with Gasteiger partial charge >= 0.3 is 5.97 Å². The zero-order valence-electron chi connectivity index (χ0n) is 15.2. The van der Waals surface area contributed by atoms with E-state index < -0.39 is 18.0 Å². The number of benzene rings is 2. The van der Waals surface area contributed by atoms with Gasteiger partial charge in [-0.2, -0.15) is 0 Å². The molecule has 0 aliphatic carbocycles. The standard InChI is InChI=1S/C20H23NO5/c1-14-8-4-6-10-17(14)25-13-12-19(22)26-15(2)20(23)21-16-9-5-7-11-18(16)24-3/h4-11,15H,12-13H2,1-3H3,(H,21,23)/t15-/m1/s1. The number of hydrogen-bond acceptors (Lipinski definition) is 5. The number of ether oxygens (including phenoxy) is 3. The van der Waals surface area contributed by atoms with Gasteiger partial charge in [-0.25, -0.2) is 0 Å². The first-order valence-corrected chi connectivity index (χ1v) is 8.33. The van der Waals surface area contributed by atoms with Gasteiger partial charge in [0.25, 0.3) is 5.91 Å². The van der Waals surface area contributed by atoms with Crippen molar-refractivity contribution in [1.29, 1.82) is 0 Å². The SMILES string of the molecule is COc1ccccc1NC(=O)[C@@H](C)OC(=O)CCOc1ccccc1C. The maximum Gasteiger partial charge on any atom is 0.310 e. The van der Waals surface area contributed by atoms with Crippen LogP contribution in [0.15, 0.2) is 48.5 Å². The smallest absolute Gasteiger partial charge is 0.310 e. The fourth-order valence-corrected chi connectivity index (χ4v) is 2.25. The van der Waals surface area contributed by atoms with Crippen LogP contribution in [0.3, 0.4) is 0 Å². The van der Waals surface area contributed by atoms with Crippen molar-refractivity contribution < 1.29 is 23.8 Å². The molecule has 0 saturated carbocycles. The Morgan fingerprint density at radius 2 is 1.69 bits per heavy atom. The van der Waals surface area contributed by atoms with E-state index in [-0.39, 0.29) is 13.0 Å². The average molecular weight is 357 g/mol. The van der Waals surface area contributed by atoms with Gasteiger partial charge in [-0.3, -0.25) is 9.59 Å². The summed E-state index contributed by atoms with van der Waals surface area (Å²) in [4.78, 5) is 24.1.